The van der Waals surface area contributed by atoms with Gasteiger partial charge in [0, 0.05) is 12.3 Å². The summed E-state index contributed by atoms with van der Waals surface area (Å²) in [6.07, 6.45) is 1.25. The van der Waals surface area contributed by atoms with Crippen LogP contribution >= 0.6 is 0 Å². The Morgan fingerprint density at radius 3 is 2.50 bits per heavy atom. The number of ether oxygens (including phenoxy) is 2. The van der Waals surface area contributed by atoms with Crippen LogP contribution in [0.4, 0.5) is 0 Å². The van der Waals surface area contributed by atoms with Gasteiger partial charge in [0.25, 0.3) is 5.56 Å². The summed E-state index contributed by atoms with van der Waals surface area (Å²) in [6, 6.07) is 6.03. The monoisotopic (exact) mass is 300 g/mol. The van der Waals surface area contributed by atoms with E-state index < -0.39 is 5.97 Å². The maximum atomic E-state index is 12.6. The van der Waals surface area contributed by atoms with Crippen LogP contribution < -0.4 is 15.0 Å². The normalized spacial score (nSPS) is 10.8. The Kier molecular flexibility index (Phi) is 3.17. The number of carboxylic acid groups (broad SMARTS) is 1. The average molecular weight is 300 g/mol. The van der Waals surface area contributed by atoms with Crippen molar-refractivity contribution in [2.75, 3.05) is 14.2 Å². The molecule has 112 valence electrons. The van der Waals surface area contributed by atoms with Gasteiger partial charge in [-0.25, -0.2) is 9.78 Å². The van der Waals surface area contributed by atoms with Crippen molar-refractivity contribution in [2.45, 2.75) is 0 Å². The van der Waals surface area contributed by atoms with Gasteiger partial charge in [-0.15, -0.1) is 0 Å². The number of benzene rings is 1. The van der Waals surface area contributed by atoms with Gasteiger partial charge in [0.15, 0.2) is 11.5 Å². The second kappa shape index (κ2) is 5.03. The lowest BCUT2D eigenvalue weighted by Crippen LogP contribution is -2.16. The third kappa shape index (κ3) is 2.03. The molecule has 0 saturated heterocycles. The topological polar surface area (TPSA) is 90.1 Å². The Labute approximate surface area is 124 Å². The zero-order valence-corrected chi connectivity index (χ0v) is 11.9. The molecule has 0 aliphatic carbocycles. The second-order valence-electron chi connectivity index (χ2n) is 4.59. The van der Waals surface area contributed by atoms with Gasteiger partial charge in [-0.2, -0.15) is 0 Å². The number of rotatable bonds is 3. The summed E-state index contributed by atoms with van der Waals surface area (Å²) in [6.45, 7) is 0. The van der Waals surface area contributed by atoms with Crippen molar-refractivity contribution in [1.82, 2.24) is 9.38 Å². The van der Waals surface area contributed by atoms with E-state index in [4.69, 9.17) is 14.6 Å². The molecule has 0 amide bonds. The molecule has 1 N–H and O–H groups in total. The highest BCUT2D eigenvalue weighted by molar-refractivity contribution is 5.88. The van der Waals surface area contributed by atoms with E-state index in [1.807, 2.05) is 0 Å². The van der Waals surface area contributed by atoms with E-state index in [1.165, 1.54) is 43.0 Å². The van der Waals surface area contributed by atoms with Crippen LogP contribution in [0.3, 0.4) is 0 Å². The Hall–Kier alpha value is -3.09. The molecule has 2 heterocycles. The number of pyridine rings is 1. The maximum absolute atomic E-state index is 12.6. The zero-order valence-electron chi connectivity index (χ0n) is 11.9. The highest BCUT2D eigenvalue weighted by atomic mass is 16.5. The molecule has 0 unspecified atom stereocenters. The lowest BCUT2D eigenvalue weighted by atomic mass is 10.2. The fourth-order valence-electron chi connectivity index (χ4n) is 2.26. The van der Waals surface area contributed by atoms with Crippen LogP contribution in [0.2, 0.25) is 0 Å². The molecule has 7 heteroatoms. The second-order valence-corrected chi connectivity index (χ2v) is 4.59. The maximum Gasteiger partial charge on any atom is 0.337 e. The van der Waals surface area contributed by atoms with E-state index in [-0.39, 0.29) is 11.1 Å². The number of carboxylic acids is 1. The van der Waals surface area contributed by atoms with Crippen LogP contribution in [0.15, 0.2) is 35.3 Å². The minimum atomic E-state index is -1.11. The third-order valence-corrected chi connectivity index (χ3v) is 3.36. The van der Waals surface area contributed by atoms with Crippen molar-refractivity contribution in [3.63, 3.8) is 0 Å². The standard InChI is InChI=1S/C15H12N2O5/c1-21-11-5-9-10(6-12(11)22-2)16-13-4-3-8(15(19)20)7-17(13)14(9)18/h3-7H,1-2H3,(H,19,20). The number of fused-ring (bicyclic) bond motifs is 2. The molecular formula is C15H12N2O5. The average Bonchev–Trinajstić information content (AvgIpc) is 2.53. The first kappa shape index (κ1) is 13.9. The number of methoxy groups -OCH3 is 2. The molecule has 2 aromatic heterocycles. The molecule has 0 bridgehead atoms. The minimum absolute atomic E-state index is 0.0104. The number of carbonyl (C=O) groups is 1. The summed E-state index contributed by atoms with van der Waals surface area (Å²) >= 11 is 0. The Balaban J connectivity index is 2.41. The quantitative estimate of drug-likeness (QED) is 0.738. The first-order chi connectivity index (χ1) is 10.5. The highest BCUT2D eigenvalue weighted by Gasteiger charge is 2.13. The molecule has 0 radical (unpaired) electrons. The van der Waals surface area contributed by atoms with Crippen molar-refractivity contribution in [2.24, 2.45) is 0 Å². The number of aromatic carboxylic acids is 1. The predicted molar refractivity (Wildman–Crippen MR) is 79.0 cm³/mol. The summed E-state index contributed by atoms with van der Waals surface area (Å²) < 4.78 is 11.6. The van der Waals surface area contributed by atoms with Gasteiger partial charge in [-0.1, -0.05) is 0 Å². The zero-order chi connectivity index (χ0) is 15.9. The van der Waals surface area contributed by atoms with E-state index in [9.17, 15) is 9.59 Å². The van der Waals surface area contributed by atoms with E-state index in [1.54, 1.807) is 6.07 Å². The fraction of sp³-hybridized carbons (Fsp3) is 0.133. The number of nitrogens with zero attached hydrogens (tertiary/aromatic N) is 2. The molecule has 0 spiro atoms. The largest absolute Gasteiger partial charge is 0.493 e. The van der Waals surface area contributed by atoms with Gasteiger partial charge < -0.3 is 14.6 Å². The lowest BCUT2D eigenvalue weighted by Gasteiger charge is -2.09. The van der Waals surface area contributed by atoms with Gasteiger partial charge in [0.1, 0.15) is 5.65 Å². The van der Waals surface area contributed by atoms with Crippen molar-refractivity contribution in [3.05, 3.63) is 46.4 Å². The van der Waals surface area contributed by atoms with E-state index >= 15 is 0 Å². The van der Waals surface area contributed by atoms with Crippen molar-refractivity contribution < 1.29 is 19.4 Å². The fourth-order valence-corrected chi connectivity index (χ4v) is 2.26. The summed E-state index contributed by atoms with van der Waals surface area (Å²) in [7, 11) is 2.97. The smallest absolute Gasteiger partial charge is 0.337 e. The first-order valence-electron chi connectivity index (χ1n) is 6.36. The number of hydrogen-bond acceptors (Lipinski definition) is 5. The van der Waals surface area contributed by atoms with Gasteiger partial charge in [0.2, 0.25) is 0 Å². The van der Waals surface area contributed by atoms with E-state index in [0.717, 1.165) is 0 Å². The van der Waals surface area contributed by atoms with Crippen molar-refractivity contribution in [1.29, 1.82) is 0 Å². The molecule has 1 aromatic carbocycles. The number of aromatic nitrogens is 2. The first-order valence-corrected chi connectivity index (χ1v) is 6.36. The highest BCUT2D eigenvalue weighted by Crippen LogP contribution is 2.30. The third-order valence-electron chi connectivity index (χ3n) is 3.36. The summed E-state index contributed by atoms with van der Waals surface area (Å²) in [5.41, 5.74) is 0.445. The Morgan fingerprint density at radius 2 is 1.86 bits per heavy atom. The van der Waals surface area contributed by atoms with Gasteiger partial charge in [0.05, 0.1) is 30.7 Å². The summed E-state index contributed by atoms with van der Waals surface area (Å²) in [4.78, 5) is 28.0. The number of hydrogen-bond donors (Lipinski definition) is 1. The van der Waals surface area contributed by atoms with Crippen molar-refractivity contribution in [3.8, 4) is 11.5 Å². The molecule has 0 aliphatic heterocycles. The van der Waals surface area contributed by atoms with E-state index in [0.29, 0.717) is 28.0 Å². The molecule has 0 saturated carbocycles. The van der Waals surface area contributed by atoms with Crippen LogP contribution in [0.25, 0.3) is 16.6 Å². The van der Waals surface area contributed by atoms with Gasteiger partial charge >= 0.3 is 5.97 Å². The lowest BCUT2D eigenvalue weighted by molar-refractivity contribution is 0.0696. The van der Waals surface area contributed by atoms with Crippen LogP contribution in [-0.2, 0) is 0 Å². The summed E-state index contributed by atoms with van der Waals surface area (Å²) in [5, 5.41) is 9.34. The molecular weight excluding hydrogens is 288 g/mol. The predicted octanol–water partition coefficient (Wildman–Crippen LogP) is 1.56. The minimum Gasteiger partial charge on any atom is -0.493 e. The molecule has 0 aliphatic rings. The molecule has 0 atom stereocenters. The Morgan fingerprint density at radius 1 is 1.18 bits per heavy atom. The van der Waals surface area contributed by atoms with Gasteiger partial charge in [-0.3, -0.25) is 9.20 Å². The summed E-state index contributed by atoms with van der Waals surface area (Å²) in [5.74, 6) is -0.238. The van der Waals surface area contributed by atoms with Crippen LogP contribution in [0.1, 0.15) is 10.4 Å². The SMILES string of the molecule is COc1cc2nc3ccc(C(=O)O)cn3c(=O)c2cc1OC. The molecule has 22 heavy (non-hydrogen) atoms. The van der Waals surface area contributed by atoms with Crippen molar-refractivity contribution >= 4 is 22.5 Å². The molecule has 3 rings (SSSR count). The van der Waals surface area contributed by atoms with Crippen LogP contribution in [0.5, 0.6) is 11.5 Å². The van der Waals surface area contributed by atoms with E-state index in [2.05, 4.69) is 4.98 Å². The molecule has 3 aromatic rings. The molecule has 7 nitrogen and oxygen atoms in total. The Bertz CT molecular complexity index is 961. The van der Waals surface area contributed by atoms with Crippen LogP contribution in [-0.4, -0.2) is 34.7 Å². The van der Waals surface area contributed by atoms with Gasteiger partial charge in [-0.05, 0) is 18.2 Å². The molecule has 0 fully saturated rings. The van der Waals surface area contributed by atoms with Crippen LogP contribution in [0, 0.1) is 0 Å².